The van der Waals surface area contributed by atoms with Gasteiger partial charge < -0.3 is 19.8 Å². The molecule has 1 aromatic rings. The first-order valence-electron chi connectivity index (χ1n) is 7.41. The molecule has 6 heteroatoms. The molecule has 0 bridgehead atoms. The third-order valence-corrected chi connectivity index (χ3v) is 4.35. The smallest absolute Gasteiger partial charge is 0.134 e. The molecule has 2 aliphatic heterocycles. The average molecular weight is 277 g/mol. The summed E-state index contributed by atoms with van der Waals surface area (Å²) in [4.78, 5) is 15.7. The Morgan fingerprint density at radius 3 is 2.65 bits per heavy atom. The van der Waals surface area contributed by atoms with Crippen LogP contribution in [0.25, 0.3) is 0 Å². The molecular weight excluding hydrogens is 254 g/mol. The Bertz CT molecular complexity index is 447. The number of likely N-dealkylation sites (N-methyl/N-ethyl adjacent to an activating group) is 1. The minimum absolute atomic E-state index is 0.202. The van der Waals surface area contributed by atoms with Crippen molar-refractivity contribution in [1.82, 2.24) is 14.9 Å². The molecule has 1 atom stereocenters. The zero-order chi connectivity index (χ0) is 13.9. The van der Waals surface area contributed by atoms with Crippen LogP contribution in [0.1, 0.15) is 12.8 Å². The van der Waals surface area contributed by atoms with Crippen molar-refractivity contribution >= 4 is 11.6 Å². The van der Waals surface area contributed by atoms with E-state index in [1.165, 1.54) is 0 Å². The molecule has 20 heavy (non-hydrogen) atoms. The Kier molecular flexibility index (Phi) is 4.03. The zero-order valence-corrected chi connectivity index (χ0v) is 12.1. The monoisotopic (exact) mass is 277 g/mol. The Balaban J connectivity index is 1.76. The Hall–Kier alpha value is -1.40. The quantitative estimate of drug-likeness (QED) is 0.851. The van der Waals surface area contributed by atoms with Crippen molar-refractivity contribution in [3.8, 4) is 0 Å². The first-order valence-corrected chi connectivity index (χ1v) is 7.41. The summed E-state index contributed by atoms with van der Waals surface area (Å²) < 4.78 is 0. The van der Waals surface area contributed by atoms with Crippen molar-refractivity contribution < 1.29 is 5.11 Å². The highest BCUT2D eigenvalue weighted by molar-refractivity contribution is 5.51. The fraction of sp³-hybridized carbons (Fsp3) is 0.714. The van der Waals surface area contributed by atoms with E-state index in [0.717, 1.165) is 57.2 Å². The van der Waals surface area contributed by atoms with Crippen LogP contribution in [-0.4, -0.2) is 72.4 Å². The van der Waals surface area contributed by atoms with Gasteiger partial charge in [-0.15, -0.1) is 0 Å². The largest absolute Gasteiger partial charge is 0.394 e. The van der Waals surface area contributed by atoms with Gasteiger partial charge in [-0.1, -0.05) is 0 Å². The first kappa shape index (κ1) is 13.6. The second kappa shape index (κ2) is 5.93. The van der Waals surface area contributed by atoms with Crippen LogP contribution in [0.3, 0.4) is 0 Å². The van der Waals surface area contributed by atoms with E-state index in [1.807, 2.05) is 0 Å². The Morgan fingerprint density at radius 2 is 1.90 bits per heavy atom. The molecule has 0 amide bonds. The molecule has 1 N–H and O–H groups in total. The van der Waals surface area contributed by atoms with Crippen LogP contribution < -0.4 is 9.80 Å². The lowest BCUT2D eigenvalue weighted by atomic mass is 10.2. The highest BCUT2D eigenvalue weighted by Crippen LogP contribution is 2.25. The average Bonchev–Trinajstić information content (AvgIpc) is 2.96. The van der Waals surface area contributed by atoms with E-state index < -0.39 is 0 Å². The highest BCUT2D eigenvalue weighted by Gasteiger charge is 2.25. The lowest BCUT2D eigenvalue weighted by Gasteiger charge is -2.33. The number of aliphatic hydroxyl groups is 1. The zero-order valence-electron chi connectivity index (χ0n) is 12.1. The summed E-state index contributed by atoms with van der Waals surface area (Å²) in [6, 6.07) is 2.28. The molecule has 2 saturated heterocycles. The molecule has 2 fully saturated rings. The second-order valence-corrected chi connectivity index (χ2v) is 5.70. The number of aromatic nitrogens is 2. The number of hydrogen-bond donors (Lipinski definition) is 1. The number of aliphatic hydroxyl groups excluding tert-OH is 1. The van der Waals surface area contributed by atoms with E-state index in [4.69, 9.17) is 0 Å². The predicted molar refractivity (Wildman–Crippen MR) is 79.2 cm³/mol. The van der Waals surface area contributed by atoms with Crippen LogP contribution in [-0.2, 0) is 0 Å². The van der Waals surface area contributed by atoms with Gasteiger partial charge >= 0.3 is 0 Å². The second-order valence-electron chi connectivity index (χ2n) is 5.70. The van der Waals surface area contributed by atoms with Crippen molar-refractivity contribution in [2.45, 2.75) is 18.9 Å². The maximum Gasteiger partial charge on any atom is 0.134 e. The van der Waals surface area contributed by atoms with Crippen molar-refractivity contribution in [2.75, 3.05) is 56.2 Å². The summed E-state index contributed by atoms with van der Waals surface area (Å²) in [5.41, 5.74) is 0. The van der Waals surface area contributed by atoms with E-state index in [-0.39, 0.29) is 12.6 Å². The van der Waals surface area contributed by atoms with Crippen LogP contribution in [0.5, 0.6) is 0 Å². The molecule has 1 aromatic heterocycles. The van der Waals surface area contributed by atoms with E-state index in [1.54, 1.807) is 6.33 Å². The van der Waals surface area contributed by atoms with Crippen molar-refractivity contribution in [2.24, 2.45) is 0 Å². The maximum absolute atomic E-state index is 9.44. The van der Waals surface area contributed by atoms with Gasteiger partial charge in [0.2, 0.25) is 0 Å². The van der Waals surface area contributed by atoms with Gasteiger partial charge in [-0.3, -0.25) is 0 Å². The predicted octanol–water partition coefficient (Wildman–Crippen LogP) is 0.190. The fourth-order valence-corrected chi connectivity index (χ4v) is 3.03. The standard InChI is InChI=1S/C14H23N5O/c1-17-5-7-18(8-6-17)13-9-14(16-11-15-13)19-4-2-3-12(19)10-20/h9,11-12,20H,2-8,10H2,1H3/t12-/m0/s1. The summed E-state index contributed by atoms with van der Waals surface area (Å²) in [6.45, 7) is 5.34. The topological polar surface area (TPSA) is 55.7 Å². The van der Waals surface area contributed by atoms with Gasteiger partial charge in [0.05, 0.1) is 12.6 Å². The van der Waals surface area contributed by atoms with Crippen molar-refractivity contribution in [1.29, 1.82) is 0 Å². The number of nitrogens with zero attached hydrogens (tertiary/aromatic N) is 5. The molecule has 0 spiro atoms. The third kappa shape index (κ3) is 2.71. The lowest BCUT2D eigenvalue weighted by Crippen LogP contribution is -2.45. The number of rotatable bonds is 3. The Morgan fingerprint density at radius 1 is 1.15 bits per heavy atom. The molecule has 0 aromatic carbocycles. The molecule has 0 radical (unpaired) electrons. The maximum atomic E-state index is 9.44. The molecule has 0 aliphatic carbocycles. The summed E-state index contributed by atoms with van der Waals surface area (Å²) in [7, 11) is 2.15. The van der Waals surface area contributed by atoms with E-state index in [0.29, 0.717) is 0 Å². The Labute approximate surface area is 120 Å². The van der Waals surface area contributed by atoms with E-state index in [2.05, 4.69) is 37.8 Å². The van der Waals surface area contributed by atoms with Crippen molar-refractivity contribution in [3.63, 3.8) is 0 Å². The van der Waals surface area contributed by atoms with Crippen LogP contribution in [0.2, 0.25) is 0 Å². The van der Waals surface area contributed by atoms with Crippen LogP contribution in [0.4, 0.5) is 11.6 Å². The van der Waals surface area contributed by atoms with Crippen LogP contribution in [0, 0.1) is 0 Å². The van der Waals surface area contributed by atoms with Crippen LogP contribution in [0.15, 0.2) is 12.4 Å². The lowest BCUT2D eigenvalue weighted by molar-refractivity contribution is 0.266. The summed E-state index contributed by atoms with van der Waals surface area (Å²) in [5, 5.41) is 9.44. The normalized spacial score (nSPS) is 24.4. The van der Waals surface area contributed by atoms with Gasteiger partial charge in [0.1, 0.15) is 18.0 Å². The van der Waals surface area contributed by atoms with Gasteiger partial charge in [-0.05, 0) is 19.9 Å². The minimum Gasteiger partial charge on any atom is -0.394 e. The van der Waals surface area contributed by atoms with Gasteiger partial charge in [-0.25, -0.2) is 9.97 Å². The van der Waals surface area contributed by atoms with E-state index in [9.17, 15) is 5.11 Å². The number of piperazine rings is 1. The SMILES string of the molecule is CN1CCN(c2cc(N3CCC[C@H]3CO)ncn2)CC1. The van der Waals surface area contributed by atoms with Gasteiger partial charge in [0, 0.05) is 38.8 Å². The molecule has 3 rings (SSSR count). The summed E-state index contributed by atoms with van der Waals surface area (Å²) in [5.74, 6) is 1.96. The van der Waals surface area contributed by atoms with Gasteiger partial charge in [0.15, 0.2) is 0 Å². The summed E-state index contributed by atoms with van der Waals surface area (Å²) in [6.07, 6.45) is 3.82. The van der Waals surface area contributed by atoms with Crippen LogP contribution >= 0.6 is 0 Å². The fourth-order valence-electron chi connectivity index (χ4n) is 3.03. The van der Waals surface area contributed by atoms with Crippen molar-refractivity contribution in [3.05, 3.63) is 12.4 Å². The molecule has 3 heterocycles. The third-order valence-electron chi connectivity index (χ3n) is 4.35. The molecule has 0 unspecified atom stereocenters. The molecule has 0 saturated carbocycles. The van der Waals surface area contributed by atoms with Gasteiger partial charge in [0.25, 0.3) is 0 Å². The molecule has 2 aliphatic rings. The highest BCUT2D eigenvalue weighted by atomic mass is 16.3. The van der Waals surface area contributed by atoms with Gasteiger partial charge in [-0.2, -0.15) is 0 Å². The molecule has 110 valence electrons. The number of hydrogen-bond acceptors (Lipinski definition) is 6. The van der Waals surface area contributed by atoms with E-state index >= 15 is 0 Å². The molecule has 6 nitrogen and oxygen atoms in total. The minimum atomic E-state index is 0.202. The summed E-state index contributed by atoms with van der Waals surface area (Å²) >= 11 is 0. The molecular formula is C14H23N5O. The first-order chi connectivity index (χ1) is 9.78. The number of anilines is 2.